The molecule has 0 spiro atoms. The summed E-state index contributed by atoms with van der Waals surface area (Å²) in [4.78, 5) is 0. The van der Waals surface area contributed by atoms with Gasteiger partial charge in [-0.25, -0.2) is 13.1 Å². The van der Waals surface area contributed by atoms with Crippen LogP contribution in [0.2, 0.25) is 0 Å². The quantitative estimate of drug-likeness (QED) is 0.879. The summed E-state index contributed by atoms with van der Waals surface area (Å²) in [6.45, 7) is 3.08. The zero-order valence-electron chi connectivity index (χ0n) is 10.5. The minimum atomic E-state index is -3.62. The predicted octanol–water partition coefficient (Wildman–Crippen LogP) is 1.59. The lowest BCUT2D eigenvalue weighted by Gasteiger charge is -2.15. The predicted molar refractivity (Wildman–Crippen MR) is 68.5 cm³/mol. The van der Waals surface area contributed by atoms with E-state index in [0.717, 1.165) is 5.56 Å². The molecular weight excluding hydrogens is 252 g/mol. The molecule has 1 aromatic rings. The fourth-order valence-electron chi connectivity index (χ4n) is 1.38. The van der Waals surface area contributed by atoms with Crippen molar-refractivity contribution in [1.82, 2.24) is 4.72 Å². The fraction of sp³-hybridized carbons (Fsp3) is 0.417. The van der Waals surface area contributed by atoms with Crippen LogP contribution in [0.1, 0.15) is 25.5 Å². The highest BCUT2D eigenvalue weighted by molar-refractivity contribution is 7.90. The summed E-state index contributed by atoms with van der Waals surface area (Å²) in [5.41, 5.74) is 0.810. The minimum absolute atomic E-state index is 0.392. The molecule has 0 fully saturated rings. The number of ether oxygens (including phenoxy) is 1. The topological polar surface area (TPSA) is 79.2 Å². The van der Waals surface area contributed by atoms with Gasteiger partial charge in [-0.15, -0.1) is 0 Å². The van der Waals surface area contributed by atoms with Gasteiger partial charge in [-0.3, -0.25) is 0 Å². The van der Waals surface area contributed by atoms with E-state index in [4.69, 9.17) is 10.00 Å². The zero-order valence-corrected chi connectivity index (χ0v) is 11.4. The van der Waals surface area contributed by atoms with Gasteiger partial charge in [0.05, 0.1) is 13.2 Å². The second-order valence-electron chi connectivity index (χ2n) is 3.93. The van der Waals surface area contributed by atoms with Crippen molar-refractivity contribution in [1.29, 1.82) is 5.26 Å². The van der Waals surface area contributed by atoms with Gasteiger partial charge in [0.2, 0.25) is 10.0 Å². The molecule has 1 aromatic carbocycles. The van der Waals surface area contributed by atoms with E-state index >= 15 is 0 Å². The van der Waals surface area contributed by atoms with Crippen molar-refractivity contribution >= 4 is 10.0 Å². The van der Waals surface area contributed by atoms with Gasteiger partial charge in [0.15, 0.2) is 5.25 Å². The molecule has 0 aliphatic carbocycles. The Morgan fingerprint density at radius 2 is 1.83 bits per heavy atom. The van der Waals surface area contributed by atoms with Crippen LogP contribution in [0.25, 0.3) is 0 Å². The summed E-state index contributed by atoms with van der Waals surface area (Å²) < 4.78 is 30.9. The zero-order chi connectivity index (χ0) is 13.8. The van der Waals surface area contributed by atoms with Gasteiger partial charge in [0.1, 0.15) is 5.75 Å². The molecule has 0 bridgehead atoms. The van der Waals surface area contributed by atoms with E-state index in [1.54, 1.807) is 44.4 Å². The maximum absolute atomic E-state index is 11.7. The van der Waals surface area contributed by atoms with E-state index < -0.39 is 21.3 Å². The summed E-state index contributed by atoms with van der Waals surface area (Å²) in [5, 5.41) is 7.57. The number of methoxy groups -OCH3 is 1. The molecule has 1 rings (SSSR count). The number of rotatable bonds is 5. The van der Waals surface area contributed by atoms with Crippen molar-refractivity contribution in [3.63, 3.8) is 0 Å². The monoisotopic (exact) mass is 268 g/mol. The van der Waals surface area contributed by atoms with E-state index in [9.17, 15) is 8.42 Å². The Bertz CT molecular complexity index is 531. The van der Waals surface area contributed by atoms with Crippen molar-refractivity contribution in [2.24, 2.45) is 0 Å². The standard InChI is InChI=1S/C12H16N2O3S/c1-9(8-13)18(15,16)14-10(2)11-4-6-12(17-3)7-5-11/h4-7,9-10,14H,1-3H3. The van der Waals surface area contributed by atoms with Crippen LogP contribution in [0.3, 0.4) is 0 Å². The van der Waals surface area contributed by atoms with Crippen LogP contribution in [0.5, 0.6) is 5.75 Å². The Labute approximate surface area is 107 Å². The summed E-state index contributed by atoms with van der Waals surface area (Å²) in [5.74, 6) is 0.708. The van der Waals surface area contributed by atoms with Crippen LogP contribution >= 0.6 is 0 Å². The van der Waals surface area contributed by atoms with E-state index in [-0.39, 0.29) is 0 Å². The molecule has 1 N–H and O–H groups in total. The third-order valence-electron chi connectivity index (χ3n) is 2.60. The molecule has 0 aromatic heterocycles. The number of nitriles is 1. The normalized spacial score (nSPS) is 14.6. The molecule has 0 aliphatic heterocycles. The number of sulfonamides is 1. The first-order valence-electron chi connectivity index (χ1n) is 5.45. The Morgan fingerprint density at radius 1 is 1.28 bits per heavy atom. The lowest BCUT2D eigenvalue weighted by atomic mass is 10.1. The molecule has 18 heavy (non-hydrogen) atoms. The molecule has 0 saturated heterocycles. The fourth-order valence-corrected chi connectivity index (χ4v) is 2.35. The van der Waals surface area contributed by atoms with Gasteiger partial charge >= 0.3 is 0 Å². The highest BCUT2D eigenvalue weighted by atomic mass is 32.2. The van der Waals surface area contributed by atoms with Crippen molar-refractivity contribution in [2.45, 2.75) is 25.1 Å². The molecule has 6 heteroatoms. The molecule has 2 unspecified atom stereocenters. The van der Waals surface area contributed by atoms with Crippen molar-refractivity contribution in [2.75, 3.05) is 7.11 Å². The van der Waals surface area contributed by atoms with Gasteiger partial charge in [-0.1, -0.05) is 12.1 Å². The molecule has 98 valence electrons. The largest absolute Gasteiger partial charge is 0.497 e. The first-order valence-corrected chi connectivity index (χ1v) is 7.00. The van der Waals surface area contributed by atoms with Crippen LogP contribution in [-0.2, 0) is 10.0 Å². The summed E-state index contributed by atoms with van der Waals surface area (Å²) >= 11 is 0. The van der Waals surface area contributed by atoms with Gasteiger partial charge in [-0.2, -0.15) is 5.26 Å². The van der Waals surface area contributed by atoms with Crippen LogP contribution in [0.4, 0.5) is 0 Å². The Balaban J connectivity index is 2.82. The van der Waals surface area contributed by atoms with Gasteiger partial charge in [-0.05, 0) is 31.5 Å². The molecule has 5 nitrogen and oxygen atoms in total. The maximum Gasteiger partial charge on any atom is 0.228 e. The Kier molecular flexibility index (Phi) is 4.70. The SMILES string of the molecule is COc1ccc(C(C)NS(=O)(=O)C(C)C#N)cc1. The van der Waals surface area contributed by atoms with Crippen molar-refractivity contribution < 1.29 is 13.2 Å². The molecule has 0 heterocycles. The lowest BCUT2D eigenvalue weighted by molar-refractivity contribution is 0.414. The van der Waals surface area contributed by atoms with Gasteiger partial charge < -0.3 is 4.74 Å². The van der Waals surface area contributed by atoms with E-state index in [0.29, 0.717) is 5.75 Å². The van der Waals surface area contributed by atoms with Crippen LogP contribution in [0.15, 0.2) is 24.3 Å². The second kappa shape index (κ2) is 5.85. The first-order chi connectivity index (χ1) is 8.40. The van der Waals surface area contributed by atoms with Crippen LogP contribution < -0.4 is 9.46 Å². The summed E-state index contributed by atoms with van der Waals surface area (Å²) in [6.07, 6.45) is 0. The molecule has 0 saturated carbocycles. The van der Waals surface area contributed by atoms with Crippen molar-refractivity contribution in [3.05, 3.63) is 29.8 Å². The number of benzene rings is 1. The molecule has 0 amide bonds. The average Bonchev–Trinajstić information content (AvgIpc) is 2.37. The van der Waals surface area contributed by atoms with Gasteiger partial charge in [0.25, 0.3) is 0 Å². The van der Waals surface area contributed by atoms with E-state index in [1.807, 2.05) is 0 Å². The molecular formula is C12H16N2O3S. The Morgan fingerprint density at radius 3 is 2.28 bits per heavy atom. The highest BCUT2D eigenvalue weighted by Gasteiger charge is 2.22. The van der Waals surface area contributed by atoms with E-state index in [2.05, 4.69) is 4.72 Å². The number of hydrogen-bond acceptors (Lipinski definition) is 4. The minimum Gasteiger partial charge on any atom is -0.497 e. The number of nitrogens with one attached hydrogen (secondary N) is 1. The second-order valence-corrected chi connectivity index (χ2v) is 5.96. The van der Waals surface area contributed by atoms with Crippen LogP contribution in [0, 0.1) is 11.3 Å². The van der Waals surface area contributed by atoms with Crippen molar-refractivity contribution in [3.8, 4) is 11.8 Å². The third-order valence-corrected chi connectivity index (χ3v) is 4.32. The maximum atomic E-state index is 11.7. The van der Waals surface area contributed by atoms with E-state index in [1.165, 1.54) is 6.92 Å². The smallest absolute Gasteiger partial charge is 0.228 e. The molecule has 2 atom stereocenters. The number of nitrogens with zero attached hydrogens (tertiary/aromatic N) is 1. The molecule has 0 radical (unpaired) electrons. The first kappa shape index (κ1) is 14.5. The molecule has 0 aliphatic rings. The average molecular weight is 268 g/mol. The third kappa shape index (κ3) is 3.45. The lowest BCUT2D eigenvalue weighted by Crippen LogP contribution is -2.33. The summed E-state index contributed by atoms with van der Waals surface area (Å²) in [7, 11) is -2.05. The van der Waals surface area contributed by atoms with Gasteiger partial charge in [0, 0.05) is 6.04 Å². The van der Waals surface area contributed by atoms with Crippen LogP contribution in [-0.4, -0.2) is 20.8 Å². The number of hydrogen-bond donors (Lipinski definition) is 1. The highest BCUT2D eigenvalue weighted by Crippen LogP contribution is 2.18. The Hall–Kier alpha value is -1.58. The summed E-state index contributed by atoms with van der Waals surface area (Å²) in [6, 6.07) is 8.40.